The summed E-state index contributed by atoms with van der Waals surface area (Å²) in [6.45, 7) is 4.98. The first kappa shape index (κ1) is 11.4. The number of hydrogen-bond acceptors (Lipinski definition) is 2. The van der Waals surface area contributed by atoms with Crippen LogP contribution >= 0.6 is 0 Å². The molecule has 2 heteroatoms. The van der Waals surface area contributed by atoms with Gasteiger partial charge in [0, 0.05) is 12.1 Å². The van der Waals surface area contributed by atoms with Crippen LogP contribution in [0.4, 0.5) is 0 Å². The molecule has 0 aromatic rings. The average molecular weight is 210 g/mol. The molecule has 0 bridgehead atoms. The van der Waals surface area contributed by atoms with Crippen molar-refractivity contribution in [2.45, 2.75) is 57.5 Å². The topological polar surface area (TPSA) is 15.3 Å². The van der Waals surface area contributed by atoms with Crippen molar-refractivity contribution in [3.63, 3.8) is 0 Å². The van der Waals surface area contributed by atoms with Crippen molar-refractivity contribution >= 4 is 0 Å². The summed E-state index contributed by atoms with van der Waals surface area (Å²) in [5.41, 5.74) is 0. The quantitative estimate of drug-likeness (QED) is 0.752. The Kier molecular flexibility index (Phi) is 4.04. The SMILES string of the molecule is C[C@H]1CCCC[C@H]1NC1CCN(C)CC1. The Labute approximate surface area is 94.4 Å². The minimum atomic E-state index is 0.798. The van der Waals surface area contributed by atoms with Crippen molar-refractivity contribution in [1.29, 1.82) is 0 Å². The lowest BCUT2D eigenvalue weighted by Crippen LogP contribution is -2.48. The van der Waals surface area contributed by atoms with Crippen LogP contribution in [0.15, 0.2) is 0 Å². The molecule has 0 unspecified atom stereocenters. The predicted octanol–water partition coefficient (Wildman–Crippen LogP) is 2.25. The molecule has 1 aliphatic carbocycles. The van der Waals surface area contributed by atoms with Crippen molar-refractivity contribution < 1.29 is 0 Å². The Balaban J connectivity index is 1.75. The van der Waals surface area contributed by atoms with Crippen LogP contribution in [0.3, 0.4) is 0 Å². The van der Waals surface area contributed by atoms with Gasteiger partial charge in [0.2, 0.25) is 0 Å². The Hall–Kier alpha value is -0.0800. The maximum Gasteiger partial charge on any atom is 0.00953 e. The highest BCUT2D eigenvalue weighted by Gasteiger charge is 2.25. The minimum Gasteiger partial charge on any atom is -0.311 e. The van der Waals surface area contributed by atoms with Gasteiger partial charge in [-0.2, -0.15) is 0 Å². The largest absolute Gasteiger partial charge is 0.311 e. The van der Waals surface area contributed by atoms with Gasteiger partial charge >= 0.3 is 0 Å². The third-order valence-electron chi connectivity index (χ3n) is 4.28. The maximum atomic E-state index is 3.90. The fourth-order valence-electron chi connectivity index (χ4n) is 3.04. The van der Waals surface area contributed by atoms with Gasteiger partial charge in [0.1, 0.15) is 0 Å². The van der Waals surface area contributed by atoms with Crippen LogP contribution in [0.1, 0.15) is 45.4 Å². The van der Waals surface area contributed by atoms with Gasteiger partial charge in [0.25, 0.3) is 0 Å². The molecule has 2 fully saturated rings. The van der Waals surface area contributed by atoms with Crippen LogP contribution in [-0.2, 0) is 0 Å². The minimum absolute atomic E-state index is 0.798. The monoisotopic (exact) mass is 210 g/mol. The molecule has 1 N–H and O–H groups in total. The van der Waals surface area contributed by atoms with Gasteiger partial charge in [-0.3, -0.25) is 0 Å². The zero-order valence-corrected chi connectivity index (χ0v) is 10.3. The fraction of sp³-hybridized carbons (Fsp3) is 1.00. The van der Waals surface area contributed by atoms with E-state index in [-0.39, 0.29) is 0 Å². The Morgan fingerprint density at radius 3 is 2.33 bits per heavy atom. The average Bonchev–Trinajstić information content (AvgIpc) is 2.25. The molecule has 1 saturated carbocycles. The summed E-state index contributed by atoms with van der Waals surface area (Å²) in [5.74, 6) is 0.901. The van der Waals surface area contributed by atoms with E-state index in [1.807, 2.05) is 0 Å². The standard InChI is InChI=1S/C13H26N2/c1-11-5-3-4-6-13(11)14-12-7-9-15(2)10-8-12/h11-14H,3-10H2,1-2H3/t11-,13+/m0/s1. The smallest absolute Gasteiger partial charge is 0.00953 e. The van der Waals surface area contributed by atoms with E-state index in [9.17, 15) is 0 Å². The fourth-order valence-corrected chi connectivity index (χ4v) is 3.04. The second-order valence-corrected chi connectivity index (χ2v) is 5.61. The summed E-state index contributed by atoms with van der Waals surface area (Å²) < 4.78 is 0. The molecule has 0 spiro atoms. The first-order valence-electron chi connectivity index (χ1n) is 6.70. The third-order valence-corrected chi connectivity index (χ3v) is 4.28. The van der Waals surface area contributed by atoms with Crippen molar-refractivity contribution in [1.82, 2.24) is 10.2 Å². The van der Waals surface area contributed by atoms with E-state index in [1.165, 1.54) is 51.6 Å². The molecule has 2 nitrogen and oxygen atoms in total. The molecule has 2 rings (SSSR count). The summed E-state index contributed by atoms with van der Waals surface area (Å²) >= 11 is 0. The van der Waals surface area contributed by atoms with Gasteiger partial charge in [0.15, 0.2) is 0 Å². The highest BCUT2D eigenvalue weighted by Crippen LogP contribution is 2.25. The van der Waals surface area contributed by atoms with Crippen LogP contribution in [-0.4, -0.2) is 37.1 Å². The Morgan fingerprint density at radius 1 is 1.00 bits per heavy atom. The van der Waals surface area contributed by atoms with Crippen LogP contribution in [0.25, 0.3) is 0 Å². The molecular formula is C13H26N2. The van der Waals surface area contributed by atoms with Gasteiger partial charge in [-0.25, -0.2) is 0 Å². The zero-order valence-electron chi connectivity index (χ0n) is 10.3. The third kappa shape index (κ3) is 3.18. The lowest BCUT2D eigenvalue weighted by atomic mass is 9.85. The van der Waals surface area contributed by atoms with Crippen LogP contribution < -0.4 is 5.32 Å². The second-order valence-electron chi connectivity index (χ2n) is 5.61. The first-order chi connectivity index (χ1) is 7.25. The van der Waals surface area contributed by atoms with Gasteiger partial charge in [-0.05, 0) is 51.7 Å². The Morgan fingerprint density at radius 2 is 1.67 bits per heavy atom. The van der Waals surface area contributed by atoms with E-state index in [0.29, 0.717) is 0 Å². The van der Waals surface area contributed by atoms with E-state index in [2.05, 4.69) is 24.2 Å². The number of likely N-dealkylation sites (tertiary alicyclic amines) is 1. The number of nitrogens with one attached hydrogen (secondary N) is 1. The van der Waals surface area contributed by atoms with E-state index >= 15 is 0 Å². The lowest BCUT2D eigenvalue weighted by molar-refractivity contribution is 0.192. The number of hydrogen-bond donors (Lipinski definition) is 1. The van der Waals surface area contributed by atoms with E-state index in [1.54, 1.807) is 0 Å². The molecule has 2 atom stereocenters. The highest BCUT2D eigenvalue weighted by atomic mass is 15.1. The molecule has 88 valence electrons. The molecule has 0 amide bonds. The van der Waals surface area contributed by atoms with Crippen LogP contribution in [0.2, 0.25) is 0 Å². The highest BCUT2D eigenvalue weighted by molar-refractivity contribution is 4.84. The first-order valence-corrected chi connectivity index (χ1v) is 6.70. The normalized spacial score (nSPS) is 35.6. The summed E-state index contributed by atoms with van der Waals surface area (Å²) in [7, 11) is 2.24. The zero-order chi connectivity index (χ0) is 10.7. The lowest BCUT2D eigenvalue weighted by Gasteiger charge is -2.36. The van der Waals surface area contributed by atoms with Crippen molar-refractivity contribution in [3.05, 3.63) is 0 Å². The molecule has 1 saturated heterocycles. The molecule has 0 radical (unpaired) electrons. The molecule has 0 aromatic heterocycles. The van der Waals surface area contributed by atoms with Gasteiger partial charge < -0.3 is 10.2 Å². The molecule has 1 heterocycles. The summed E-state index contributed by atoms with van der Waals surface area (Å²) in [6.07, 6.45) is 8.43. The summed E-state index contributed by atoms with van der Waals surface area (Å²) in [5, 5.41) is 3.90. The van der Waals surface area contributed by atoms with Crippen molar-refractivity contribution in [2.75, 3.05) is 20.1 Å². The number of rotatable bonds is 2. The molecular weight excluding hydrogens is 184 g/mol. The van der Waals surface area contributed by atoms with Crippen LogP contribution in [0.5, 0.6) is 0 Å². The second kappa shape index (κ2) is 5.31. The number of nitrogens with zero attached hydrogens (tertiary/aromatic N) is 1. The molecule has 1 aliphatic heterocycles. The molecule has 2 aliphatic rings. The maximum absolute atomic E-state index is 3.90. The van der Waals surface area contributed by atoms with Crippen LogP contribution in [0, 0.1) is 5.92 Å². The van der Waals surface area contributed by atoms with Crippen molar-refractivity contribution in [2.24, 2.45) is 5.92 Å². The molecule has 0 aromatic carbocycles. The Bertz CT molecular complexity index is 185. The van der Waals surface area contributed by atoms with Gasteiger partial charge in [-0.1, -0.05) is 19.8 Å². The molecule has 15 heavy (non-hydrogen) atoms. The van der Waals surface area contributed by atoms with E-state index in [4.69, 9.17) is 0 Å². The predicted molar refractivity (Wildman–Crippen MR) is 65.1 cm³/mol. The van der Waals surface area contributed by atoms with E-state index < -0.39 is 0 Å². The van der Waals surface area contributed by atoms with Gasteiger partial charge in [-0.15, -0.1) is 0 Å². The number of piperidine rings is 1. The van der Waals surface area contributed by atoms with Crippen molar-refractivity contribution in [3.8, 4) is 0 Å². The summed E-state index contributed by atoms with van der Waals surface area (Å²) in [6, 6.07) is 1.61. The van der Waals surface area contributed by atoms with Gasteiger partial charge in [0.05, 0.1) is 0 Å². The summed E-state index contributed by atoms with van der Waals surface area (Å²) in [4.78, 5) is 2.45. The van der Waals surface area contributed by atoms with E-state index in [0.717, 1.165) is 18.0 Å².